The van der Waals surface area contributed by atoms with Crippen LogP contribution in [-0.4, -0.2) is 0 Å². The van der Waals surface area contributed by atoms with Crippen molar-refractivity contribution in [1.29, 1.82) is 0 Å². The minimum Gasteiger partial charge on any atom is -0.408 e. The van der Waals surface area contributed by atoms with Gasteiger partial charge in [0.05, 0.1) is 0 Å². The molecular weight excluding hydrogens is 1300 g/mol. The molecule has 0 unspecified atom stereocenters. The summed E-state index contributed by atoms with van der Waals surface area (Å²) in [6.07, 6.45) is 18.3. The van der Waals surface area contributed by atoms with Crippen LogP contribution < -0.4 is 13.6 Å². The summed E-state index contributed by atoms with van der Waals surface area (Å²) in [7, 11) is -2.49. The van der Waals surface area contributed by atoms with Crippen LogP contribution in [0.5, 0.6) is 17.2 Å². The van der Waals surface area contributed by atoms with E-state index in [0.29, 0.717) is 0 Å². The first-order valence-electron chi connectivity index (χ1n) is 41.2. The van der Waals surface area contributed by atoms with Crippen molar-refractivity contribution in [2.45, 2.75) is 314 Å². The van der Waals surface area contributed by atoms with Crippen molar-refractivity contribution >= 4 is 8.60 Å². The molecule has 566 valence electrons. The fourth-order valence-electron chi connectivity index (χ4n) is 16.3. The van der Waals surface area contributed by atoms with Crippen molar-refractivity contribution in [3.05, 3.63) is 231 Å². The second-order valence-electron chi connectivity index (χ2n) is 36.7. The summed E-state index contributed by atoms with van der Waals surface area (Å²) in [5.74, 6) is 2.36. The summed E-state index contributed by atoms with van der Waals surface area (Å²) in [5.41, 5.74) is 29.1. The summed E-state index contributed by atoms with van der Waals surface area (Å²) < 4.78 is 25.9. The molecule has 0 aromatic heterocycles. The third-order valence-corrected chi connectivity index (χ3v) is 22.8. The maximum absolute atomic E-state index is 8.62. The van der Waals surface area contributed by atoms with Crippen molar-refractivity contribution in [2.75, 3.05) is 0 Å². The highest BCUT2D eigenvalue weighted by molar-refractivity contribution is 7.43. The Hall–Kier alpha value is -7.19. The molecule has 0 aliphatic carbocycles. The van der Waals surface area contributed by atoms with Gasteiger partial charge < -0.3 is 13.6 Å². The lowest BCUT2D eigenvalue weighted by Crippen LogP contribution is -2.17. The third-order valence-electron chi connectivity index (χ3n) is 21.8. The molecule has 0 radical (unpaired) electrons. The molecule has 0 aliphatic heterocycles. The van der Waals surface area contributed by atoms with Crippen molar-refractivity contribution in [3.63, 3.8) is 0 Å². The number of rotatable bonds is 30. The van der Waals surface area contributed by atoms with Gasteiger partial charge in [0.1, 0.15) is 17.2 Å². The van der Waals surface area contributed by atoms with Crippen molar-refractivity contribution < 1.29 is 13.6 Å². The quantitative estimate of drug-likeness (QED) is 0.0420. The number of aryl methyl sites for hydroxylation is 3. The van der Waals surface area contributed by atoms with E-state index < -0.39 is 8.60 Å². The third kappa shape index (κ3) is 19.3. The van der Waals surface area contributed by atoms with Crippen LogP contribution in [0.15, 0.2) is 164 Å². The Morgan fingerprint density at radius 2 is 0.396 bits per heavy atom. The monoisotopic (exact) mass is 1440 g/mol. The zero-order chi connectivity index (χ0) is 77.1. The smallest absolute Gasteiger partial charge is 0.408 e. The van der Waals surface area contributed by atoms with E-state index in [1.165, 1.54) is 117 Å². The molecule has 0 bridgehead atoms. The maximum atomic E-state index is 8.62. The van der Waals surface area contributed by atoms with E-state index in [1.54, 1.807) is 0 Å². The van der Waals surface area contributed by atoms with Crippen molar-refractivity contribution in [1.82, 2.24) is 0 Å². The molecule has 106 heavy (non-hydrogen) atoms. The van der Waals surface area contributed by atoms with Gasteiger partial charge in [0.2, 0.25) is 0 Å². The van der Waals surface area contributed by atoms with E-state index >= 15 is 0 Å². The first kappa shape index (κ1) is 82.9. The number of hydrogen-bond donors (Lipinski definition) is 0. The summed E-state index contributed by atoms with van der Waals surface area (Å²) >= 11 is 0. The Bertz CT molecular complexity index is 3970. The van der Waals surface area contributed by atoms with E-state index in [1.807, 2.05) is 0 Å². The molecule has 0 aliphatic rings. The predicted octanol–water partition coefficient (Wildman–Crippen LogP) is 31.3. The lowest BCUT2D eigenvalue weighted by atomic mass is 9.75. The van der Waals surface area contributed by atoms with Crippen LogP contribution in [0.2, 0.25) is 0 Å². The van der Waals surface area contributed by atoms with Crippen LogP contribution in [0.4, 0.5) is 0 Å². The Morgan fingerprint density at radius 1 is 0.226 bits per heavy atom. The van der Waals surface area contributed by atoms with Gasteiger partial charge >= 0.3 is 8.60 Å². The highest BCUT2D eigenvalue weighted by atomic mass is 31.2. The van der Waals surface area contributed by atoms with E-state index in [0.717, 1.165) is 150 Å². The molecule has 0 atom stereocenters. The first-order valence-corrected chi connectivity index (χ1v) is 42.3. The molecule has 0 N–H and O–H groups in total. The Balaban J connectivity index is 1.59. The van der Waals surface area contributed by atoms with Crippen LogP contribution in [-0.2, 0) is 71.0 Å². The second kappa shape index (κ2) is 35.4. The molecule has 0 heterocycles. The predicted molar refractivity (Wildman–Crippen MR) is 465 cm³/mol. The molecule has 9 aromatic carbocycles. The minimum absolute atomic E-state index is 0.192. The number of unbranched alkanes of at least 4 members (excludes halogenated alkanes) is 6. The number of hydrogen-bond acceptors (Lipinski definition) is 3. The Morgan fingerprint density at radius 3 is 0.575 bits per heavy atom. The first-order chi connectivity index (χ1) is 50.2. The van der Waals surface area contributed by atoms with E-state index in [2.05, 4.69) is 330 Å². The zero-order valence-corrected chi connectivity index (χ0v) is 71.4. The standard InChI is InChI=1S/C102H135O3P/c1-25-31-49-70-67-88(94(79-58-40-46-64-85(79)100(16,17)18)91(73(70)52-34-28-4)76-55-37-43-61-82(76)97(7,8)9)103-106(104-89-68-71(50-32-26-2)74(53-35-29-5)92(77-56-38-44-62-83(77)98(10,11)12)95(89)80-59-41-47-65-86(80)101(19,20)21)105-90-69-72(51-33-27-3)75(54-36-30-6)93(78-57-39-45-63-84(78)99(13,14)15)96(90)81-60-42-48-66-87(81)102(22,23)24/h37-48,55-69H,25-36,49-54H2,1-24H3. The van der Waals surface area contributed by atoms with Gasteiger partial charge in [0.15, 0.2) is 0 Å². The average molecular weight is 1440 g/mol. The molecule has 9 rings (SSSR count). The number of benzene rings is 9. The summed E-state index contributed by atoms with van der Waals surface area (Å²) in [4.78, 5) is 0. The van der Waals surface area contributed by atoms with Crippen LogP contribution in [0.1, 0.15) is 310 Å². The fourth-order valence-corrected chi connectivity index (χ4v) is 17.3. The lowest BCUT2D eigenvalue weighted by Gasteiger charge is -2.33. The Kier molecular flexibility index (Phi) is 27.7. The normalized spacial score (nSPS) is 12.5. The van der Waals surface area contributed by atoms with Gasteiger partial charge in [0.25, 0.3) is 0 Å². The Labute approximate surface area is 647 Å². The van der Waals surface area contributed by atoms with Crippen LogP contribution in [0.25, 0.3) is 66.8 Å². The van der Waals surface area contributed by atoms with Gasteiger partial charge in [-0.1, -0.05) is 350 Å². The van der Waals surface area contributed by atoms with Crippen LogP contribution in [0.3, 0.4) is 0 Å². The summed E-state index contributed by atoms with van der Waals surface area (Å²) in [6, 6.07) is 63.1. The van der Waals surface area contributed by atoms with Gasteiger partial charge in [0, 0.05) is 16.7 Å². The molecule has 0 saturated heterocycles. The molecule has 4 heteroatoms. The molecule has 3 nitrogen and oxygen atoms in total. The van der Waals surface area contributed by atoms with Crippen molar-refractivity contribution in [3.8, 4) is 84.0 Å². The lowest BCUT2D eigenvalue weighted by molar-refractivity contribution is 0.389. The minimum atomic E-state index is -2.49. The zero-order valence-electron chi connectivity index (χ0n) is 70.5. The van der Waals surface area contributed by atoms with Gasteiger partial charge in [-0.05, 0) is 245 Å². The van der Waals surface area contributed by atoms with E-state index in [-0.39, 0.29) is 32.5 Å². The molecular formula is C102H135O3P. The largest absolute Gasteiger partial charge is 0.530 e. The molecule has 0 saturated carbocycles. The molecule has 0 spiro atoms. The summed E-state index contributed by atoms with van der Waals surface area (Å²) in [5, 5.41) is 0. The maximum Gasteiger partial charge on any atom is 0.530 e. The highest BCUT2D eigenvalue weighted by Gasteiger charge is 2.38. The highest BCUT2D eigenvalue weighted by Crippen LogP contribution is 2.59. The fraction of sp³-hybridized carbons (Fsp3) is 0.471. The van der Waals surface area contributed by atoms with Gasteiger partial charge in [-0.25, -0.2) is 0 Å². The molecule has 0 amide bonds. The second-order valence-corrected chi connectivity index (χ2v) is 37.7. The van der Waals surface area contributed by atoms with E-state index in [4.69, 9.17) is 13.6 Å². The van der Waals surface area contributed by atoms with Gasteiger partial charge in [-0.3, -0.25) is 0 Å². The van der Waals surface area contributed by atoms with Crippen LogP contribution in [0, 0.1) is 0 Å². The summed E-state index contributed by atoms with van der Waals surface area (Å²) in [6.45, 7) is 56.9. The van der Waals surface area contributed by atoms with Crippen molar-refractivity contribution in [2.24, 2.45) is 0 Å². The average Bonchev–Trinajstić information content (AvgIpc) is 0.746. The van der Waals surface area contributed by atoms with E-state index in [9.17, 15) is 0 Å². The van der Waals surface area contributed by atoms with Gasteiger partial charge in [-0.2, -0.15) is 0 Å². The molecule has 9 aromatic rings. The molecule has 0 fully saturated rings. The SMILES string of the molecule is CCCCc1cc(OP(Oc2cc(CCCC)c(CCCC)c(-c3ccccc3C(C)(C)C)c2-c2ccccc2C(C)(C)C)Oc2cc(CCCC)c(CCCC)c(-c3ccccc3C(C)(C)C)c2-c2ccccc2C(C)(C)C)c(-c2ccccc2C(C)(C)C)c(-c2ccccc2C(C)(C)C)c1CCCC. The topological polar surface area (TPSA) is 27.7 Å². The van der Waals surface area contributed by atoms with Gasteiger partial charge in [-0.15, -0.1) is 0 Å². The van der Waals surface area contributed by atoms with Crippen LogP contribution >= 0.6 is 8.60 Å².